The van der Waals surface area contributed by atoms with Crippen molar-refractivity contribution in [3.63, 3.8) is 0 Å². The molecule has 0 unspecified atom stereocenters. The van der Waals surface area contributed by atoms with Crippen LogP contribution in [0, 0.1) is 27.7 Å². The van der Waals surface area contributed by atoms with Gasteiger partial charge in [-0.2, -0.15) is 0 Å². The summed E-state index contributed by atoms with van der Waals surface area (Å²) < 4.78 is 0. The molecule has 0 aliphatic heterocycles. The van der Waals surface area contributed by atoms with Gasteiger partial charge in [0.2, 0.25) is 0 Å². The van der Waals surface area contributed by atoms with Crippen LogP contribution in [0.25, 0.3) is 21.8 Å². The molecule has 184 valence electrons. The van der Waals surface area contributed by atoms with Crippen molar-refractivity contribution in [2.24, 2.45) is 0 Å². The topological polar surface area (TPSA) is 75.6 Å². The number of hydrogen-bond donors (Lipinski definition) is 2. The molecule has 0 fully saturated rings. The molecule has 4 aromatic rings. The Balaban J connectivity index is 1.09. The zero-order valence-electron chi connectivity index (χ0n) is 21.6. The largest absolute Gasteiger partial charge is 0.369 e. The minimum atomic E-state index is 0.951. The van der Waals surface area contributed by atoms with E-state index in [4.69, 9.17) is 0 Å². The molecule has 2 aromatic carbocycles. The van der Waals surface area contributed by atoms with Gasteiger partial charge in [-0.25, -0.2) is 19.9 Å². The van der Waals surface area contributed by atoms with Crippen LogP contribution in [0.3, 0.4) is 0 Å². The Labute approximate surface area is 209 Å². The van der Waals surface area contributed by atoms with Gasteiger partial charge in [0.25, 0.3) is 0 Å². The number of benzene rings is 2. The molecule has 0 saturated carbocycles. The van der Waals surface area contributed by atoms with Crippen molar-refractivity contribution in [3.05, 3.63) is 59.2 Å². The Morgan fingerprint density at radius 1 is 0.486 bits per heavy atom. The highest BCUT2D eigenvalue weighted by atomic mass is 15.0. The molecule has 0 saturated heterocycles. The van der Waals surface area contributed by atoms with Crippen LogP contribution in [-0.4, -0.2) is 33.0 Å². The Hall–Kier alpha value is -3.28. The molecule has 6 heteroatoms. The van der Waals surface area contributed by atoms with Crippen molar-refractivity contribution in [2.75, 3.05) is 23.7 Å². The molecule has 4 rings (SSSR count). The van der Waals surface area contributed by atoms with Crippen molar-refractivity contribution in [1.29, 1.82) is 0 Å². The van der Waals surface area contributed by atoms with Gasteiger partial charge in [-0.3, -0.25) is 0 Å². The molecule has 2 aromatic heterocycles. The van der Waals surface area contributed by atoms with Crippen molar-refractivity contribution >= 4 is 33.4 Å². The Morgan fingerprint density at radius 2 is 0.857 bits per heavy atom. The minimum Gasteiger partial charge on any atom is -0.369 e. The number of unbranched alkanes of at least 4 members (excludes halogenated alkanes) is 6. The smallest absolute Gasteiger partial charge is 0.137 e. The fourth-order valence-electron chi connectivity index (χ4n) is 4.46. The fourth-order valence-corrected chi connectivity index (χ4v) is 4.46. The fraction of sp³-hybridized carbons (Fsp3) is 0.448. The predicted molar refractivity (Wildman–Crippen MR) is 147 cm³/mol. The number of nitrogens with zero attached hydrogens (tertiary/aromatic N) is 4. The van der Waals surface area contributed by atoms with E-state index in [9.17, 15) is 0 Å². The highest BCUT2D eigenvalue weighted by molar-refractivity contribution is 5.90. The summed E-state index contributed by atoms with van der Waals surface area (Å²) in [6.07, 6.45) is 12.0. The number of aryl methyl sites for hydroxylation is 4. The first-order chi connectivity index (χ1) is 17.0. The summed E-state index contributed by atoms with van der Waals surface area (Å²) in [6, 6.07) is 8.67. The first-order valence-electron chi connectivity index (χ1n) is 12.9. The third-order valence-electron chi connectivity index (χ3n) is 6.94. The van der Waals surface area contributed by atoms with E-state index >= 15 is 0 Å². The third-order valence-corrected chi connectivity index (χ3v) is 6.94. The molecule has 6 nitrogen and oxygen atoms in total. The lowest BCUT2D eigenvalue weighted by molar-refractivity contribution is 0.591. The van der Waals surface area contributed by atoms with E-state index in [-0.39, 0.29) is 0 Å². The molecule has 0 amide bonds. The molecular weight excluding hydrogens is 432 g/mol. The molecule has 2 N–H and O–H groups in total. The summed E-state index contributed by atoms with van der Waals surface area (Å²) >= 11 is 0. The van der Waals surface area contributed by atoms with E-state index in [1.165, 1.54) is 54.4 Å². The summed E-state index contributed by atoms with van der Waals surface area (Å²) in [5.74, 6) is 1.90. The number of aromatic nitrogens is 4. The molecule has 0 bridgehead atoms. The van der Waals surface area contributed by atoms with Crippen LogP contribution in [0.5, 0.6) is 0 Å². The Morgan fingerprint density at radius 3 is 1.29 bits per heavy atom. The number of anilines is 2. The van der Waals surface area contributed by atoms with Crippen molar-refractivity contribution in [3.8, 4) is 0 Å². The number of hydrogen-bond acceptors (Lipinski definition) is 6. The van der Waals surface area contributed by atoms with Gasteiger partial charge in [0.05, 0.1) is 11.0 Å². The summed E-state index contributed by atoms with van der Waals surface area (Å²) in [7, 11) is 0. The zero-order valence-corrected chi connectivity index (χ0v) is 21.6. The van der Waals surface area contributed by atoms with Crippen LogP contribution in [0.15, 0.2) is 36.9 Å². The molecule has 0 radical (unpaired) electrons. The average molecular weight is 471 g/mol. The predicted octanol–water partition coefficient (Wildman–Crippen LogP) is 7.06. The number of fused-ring (bicyclic) bond motifs is 2. The highest BCUT2D eigenvalue weighted by Gasteiger charge is 2.07. The second-order valence-corrected chi connectivity index (χ2v) is 9.68. The second kappa shape index (κ2) is 11.9. The first-order valence-corrected chi connectivity index (χ1v) is 12.9. The van der Waals surface area contributed by atoms with Crippen LogP contribution in [0.2, 0.25) is 0 Å². The summed E-state index contributed by atoms with van der Waals surface area (Å²) in [6.45, 7) is 10.4. The van der Waals surface area contributed by atoms with E-state index < -0.39 is 0 Å². The van der Waals surface area contributed by atoms with Crippen LogP contribution < -0.4 is 10.6 Å². The maximum absolute atomic E-state index is 4.46. The maximum Gasteiger partial charge on any atom is 0.137 e. The highest BCUT2D eigenvalue weighted by Crippen LogP contribution is 2.24. The van der Waals surface area contributed by atoms with Crippen molar-refractivity contribution in [2.45, 2.75) is 72.6 Å². The quantitative estimate of drug-likeness (QED) is 0.216. The van der Waals surface area contributed by atoms with Crippen LogP contribution in [0.1, 0.15) is 67.2 Å². The Bertz CT molecular complexity index is 1180. The van der Waals surface area contributed by atoms with E-state index in [1.54, 1.807) is 12.7 Å². The molecule has 0 spiro atoms. The van der Waals surface area contributed by atoms with Gasteiger partial charge in [-0.05, 0) is 87.1 Å². The van der Waals surface area contributed by atoms with E-state index in [0.717, 1.165) is 59.4 Å². The van der Waals surface area contributed by atoms with Crippen LogP contribution in [0.4, 0.5) is 11.6 Å². The summed E-state index contributed by atoms with van der Waals surface area (Å²) in [5.41, 5.74) is 7.12. The van der Waals surface area contributed by atoms with Gasteiger partial charge in [0.15, 0.2) is 0 Å². The lowest BCUT2D eigenvalue weighted by Crippen LogP contribution is -2.05. The molecular formula is C29H38N6. The third kappa shape index (κ3) is 6.44. The van der Waals surface area contributed by atoms with Crippen LogP contribution in [-0.2, 0) is 0 Å². The van der Waals surface area contributed by atoms with Gasteiger partial charge in [-0.1, -0.05) is 32.1 Å². The lowest BCUT2D eigenvalue weighted by Gasteiger charge is -2.10. The summed E-state index contributed by atoms with van der Waals surface area (Å²) in [5, 5.41) is 9.27. The van der Waals surface area contributed by atoms with Gasteiger partial charge in [-0.15, -0.1) is 0 Å². The zero-order chi connectivity index (χ0) is 24.6. The lowest BCUT2D eigenvalue weighted by atomic mass is 10.1. The second-order valence-electron chi connectivity index (χ2n) is 9.68. The molecule has 0 aliphatic rings. The van der Waals surface area contributed by atoms with Crippen molar-refractivity contribution in [1.82, 2.24) is 19.9 Å². The normalized spacial score (nSPS) is 11.3. The van der Waals surface area contributed by atoms with Crippen molar-refractivity contribution < 1.29 is 0 Å². The molecule has 0 aliphatic carbocycles. The van der Waals surface area contributed by atoms with Gasteiger partial charge < -0.3 is 10.6 Å². The average Bonchev–Trinajstić information content (AvgIpc) is 2.84. The minimum absolute atomic E-state index is 0.951. The summed E-state index contributed by atoms with van der Waals surface area (Å²) in [4.78, 5) is 17.8. The van der Waals surface area contributed by atoms with Gasteiger partial charge in [0.1, 0.15) is 24.3 Å². The number of nitrogens with one attached hydrogen (secondary N) is 2. The van der Waals surface area contributed by atoms with E-state index in [1.807, 2.05) is 0 Å². The number of rotatable bonds is 12. The SMILES string of the molecule is Cc1cc2ncnc(NCCCCCCCCCNc3ncnc4cc(C)c(C)cc34)c2cc1C. The van der Waals surface area contributed by atoms with E-state index in [0.29, 0.717) is 0 Å². The maximum atomic E-state index is 4.46. The van der Waals surface area contributed by atoms with Crippen LogP contribution >= 0.6 is 0 Å². The molecule has 2 heterocycles. The van der Waals surface area contributed by atoms with E-state index in [2.05, 4.69) is 82.5 Å². The first kappa shape index (κ1) is 24.8. The monoisotopic (exact) mass is 470 g/mol. The van der Waals surface area contributed by atoms with Gasteiger partial charge >= 0.3 is 0 Å². The van der Waals surface area contributed by atoms with Gasteiger partial charge in [0, 0.05) is 23.9 Å². The molecule has 35 heavy (non-hydrogen) atoms. The Kier molecular flexibility index (Phi) is 8.45. The molecule has 0 atom stereocenters. The standard InChI is InChI=1S/C29H38N6/c1-20-14-24-26(16-22(20)3)32-18-34-28(24)30-12-10-8-6-5-7-9-11-13-31-29-25-15-21(2)23(4)17-27(25)33-19-35-29/h14-19H,5-13H2,1-4H3,(H,30,32,34)(H,31,33,35).